The van der Waals surface area contributed by atoms with E-state index in [1.165, 1.54) is 42.7 Å². The van der Waals surface area contributed by atoms with Crippen LogP contribution < -0.4 is 21.9 Å². The zero-order valence-corrected chi connectivity index (χ0v) is 15.9. The molecule has 0 aliphatic heterocycles. The van der Waals surface area contributed by atoms with E-state index in [9.17, 15) is 24.5 Å². The highest BCUT2D eigenvalue weighted by Gasteiger charge is 2.16. The fourth-order valence-electron chi connectivity index (χ4n) is 2.24. The highest BCUT2D eigenvalue weighted by atomic mass is 32.2. The third-order valence-corrected chi connectivity index (χ3v) is 4.48. The van der Waals surface area contributed by atoms with Gasteiger partial charge in [-0.1, -0.05) is 11.8 Å². The number of aromatic nitrogens is 2. The molecule has 12 nitrogen and oxygen atoms in total. The number of nitrogens with two attached hydrogens (primary N) is 1. The largest absolute Gasteiger partial charge is 0.459 e. The fraction of sp³-hybridized carbons (Fsp3) is 0.0588. The van der Waals surface area contributed by atoms with Gasteiger partial charge in [-0.2, -0.15) is 0 Å². The normalized spacial score (nSPS) is 10.4. The molecule has 0 atom stereocenters. The summed E-state index contributed by atoms with van der Waals surface area (Å²) in [4.78, 5) is 52.7. The lowest BCUT2D eigenvalue weighted by molar-refractivity contribution is -0.384. The van der Waals surface area contributed by atoms with E-state index in [2.05, 4.69) is 20.6 Å². The lowest BCUT2D eigenvalue weighted by Crippen LogP contribution is -2.23. The average Bonchev–Trinajstić information content (AvgIpc) is 3.24. The van der Waals surface area contributed by atoms with Crippen molar-refractivity contribution in [2.75, 3.05) is 22.1 Å². The van der Waals surface area contributed by atoms with Gasteiger partial charge in [0.2, 0.25) is 5.91 Å². The molecule has 0 radical (unpaired) electrons. The minimum Gasteiger partial charge on any atom is -0.459 e. The molecule has 1 aromatic carbocycles. The number of furan rings is 1. The van der Waals surface area contributed by atoms with Crippen LogP contribution >= 0.6 is 11.8 Å². The van der Waals surface area contributed by atoms with Gasteiger partial charge in [-0.25, -0.2) is 4.98 Å². The number of thioether (sulfide) groups is 1. The Hall–Kier alpha value is -4.13. The summed E-state index contributed by atoms with van der Waals surface area (Å²) in [5, 5.41) is 15.6. The number of carbonyl (C=O) groups excluding carboxylic acids is 2. The molecule has 0 fully saturated rings. The second kappa shape index (κ2) is 8.91. The van der Waals surface area contributed by atoms with Crippen molar-refractivity contribution in [1.82, 2.24) is 9.97 Å². The summed E-state index contributed by atoms with van der Waals surface area (Å²) in [6.07, 6.45) is 1.31. The van der Waals surface area contributed by atoms with Gasteiger partial charge in [0.15, 0.2) is 22.4 Å². The number of anilines is 3. The van der Waals surface area contributed by atoms with E-state index in [1.807, 2.05) is 0 Å². The molecule has 0 unspecified atom stereocenters. The van der Waals surface area contributed by atoms with Gasteiger partial charge in [-0.3, -0.25) is 29.5 Å². The molecule has 2 heterocycles. The number of rotatable bonds is 7. The molecule has 154 valence electrons. The minimum absolute atomic E-state index is 0.00448. The van der Waals surface area contributed by atoms with Crippen LogP contribution in [0.3, 0.4) is 0 Å². The Morgan fingerprint density at radius 1 is 1.23 bits per heavy atom. The highest BCUT2D eigenvalue weighted by Crippen LogP contribution is 2.19. The third-order valence-electron chi connectivity index (χ3n) is 3.61. The molecule has 5 N–H and O–H groups in total. The number of H-pyrrole nitrogens is 1. The monoisotopic (exact) mass is 430 g/mol. The second-order valence-electron chi connectivity index (χ2n) is 5.70. The van der Waals surface area contributed by atoms with Crippen molar-refractivity contribution in [3.8, 4) is 0 Å². The van der Waals surface area contributed by atoms with Gasteiger partial charge in [-0.15, -0.1) is 0 Å². The Balaban J connectivity index is 1.60. The maximum Gasteiger partial charge on any atom is 0.291 e. The molecule has 0 spiro atoms. The number of amides is 2. The molecule has 0 saturated carbocycles. The molecular formula is C17H14N6O6S. The lowest BCUT2D eigenvalue weighted by Gasteiger charge is -2.08. The quantitative estimate of drug-likeness (QED) is 0.188. The number of non-ortho nitro benzene ring substituents is 1. The van der Waals surface area contributed by atoms with Crippen molar-refractivity contribution in [2.45, 2.75) is 5.16 Å². The number of benzene rings is 1. The summed E-state index contributed by atoms with van der Waals surface area (Å²) in [5.74, 6) is -1.43. The van der Waals surface area contributed by atoms with Crippen LogP contribution in [0.5, 0.6) is 0 Å². The molecule has 0 aliphatic carbocycles. The zero-order chi connectivity index (χ0) is 21.7. The highest BCUT2D eigenvalue weighted by molar-refractivity contribution is 7.99. The van der Waals surface area contributed by atoms with E-state index in [0.29, 0.717) is 5.69 Å². The van der Waals surface area contributed by atoms with Crippen molar-refractivity contribution < 1.29 is 18.9 Å². The van der Waals surface area contributed by atoms with Crippen molar-refractivity contribution in [3.05, 3.63) is 68.9 Å². The smallest absolute Gasteiger partial charge is 0.291 e. The van der Waals surface area contributed by atoms with Crippen LogP contribution in [0.2, 0.25) is 0 Å². The number of hydrogen-bond acceptors (Lipinski definition) is 9. The van der Waals surface area contributed by atoms with E-state index >= 15 is 0 Å². The molecular weight excluding hydrogens is 416 g/mol. The molecule has 2 aromatic heterocycles. The third kappa shape index (κ3) is 5.02. The Morgan fingerprint density at radius 3 is 2.57 bits per heavy atom. The first-order valence-electron chi connectivity index (χ1n) is 8.25. The van der Waals surface area contributed by atoms with Crippen molar-refractivity contribution in [2.24, 2.45) is 0 Å². The van der Waals surface area contributed by atoms with Crippen molar-refractivity contribution in [3.63, 3.8) is 0 Å². The molecule has 30 heavy (non-hydrogen) atoms. The summed E-state index contributed by atoms with van der Waals surface area (Å²) in [6.45, 7) is 0. The molecule has 0 saturated heterocycles. The topological polar surface area (TPSA) is 186 Å². The van der Waals surface area contributed by atoms with E-state index in [4.69, 9.17) is 10.2 Å². The second-order valence-corrected chi connectivity index (χ2v) is 6.67. The summed E-state index contributed by atoms with van der Waals surface area (Å²) >= 11 is 0.911. The summed E-state index contributed by atoms with van der Waals surface area (Å²) < 4.78 is 4.94. The fourth-order valence-corrected chi connectivity index (χ4v) is 2.91. The van der Waals surface area contributed by atoms with Gasteiger partial charge in [0.25, 0.3) is 17.2 Å². The summed E-state index contributed by atoms with van der Waals surface area (Å²) in [5.41, 5.74) is 5.09. The van der Waals surface area contributed by atoms with Gasteiger partial charge in [0.1, 0.15) is 0 Å². The minimum atomic E-state index is -0.694. The maximum absolute atomic E-state index is 12.2. The Morgan fingerprint density at radius 2 is 1.97 bits per heavy atom. The number of nitro groups is 1. The van der Waals surface area contributed by atoms with Crippen LogP contribution in [-0.2, 0) is 4.79 Å². The summed E-state index contributed by atoms with van der Waals surface area (Å²) in [7, 11) is 0. The predicted molar refractivity (Wildman–Crippen MR) is 108 cm³/mol. The number of nitrogens with zero attached hydrogens (tertiary/aromatic N) is 2. The van der Waals surface area contributed by atoms with Gasteiger partial charge >= 0.3 is 0 Å². The first-order chi connectivity index (χ1) is 14.3. The molecule has 2 amide bonds. The first kappa shape index (κ1) is 20.6. The van der Waals surface area contributed by atoms with E-state index in [0.717, 1.165) is 11.8 Å². The van der Waals surface area contributed by atoms with Gasteiger partial charge in [0.05, 0.1) is 16.9 Å². The Kier molecular flexibility index (Phi) is 6.12. The Labute approximate surface area is 172 Å². The summed E-state index contributed by atoms with van der Waals surface area (Å²) in [6, 6.07) is 8.25. The van der Waals surface area contributed by atoms with Crippen LogP contribution in [0.4, 0.5) is 22.9 Å². The standard InChI is InChI=1S/C17H14N6O6S/c18-14-13(20-15(25)11-2-1-7-29-11)16(26)22-17(21-14)30-8-12(24)19-9-3-5-10(6-4-9)23(27)28/h1-7H,8H2,(H,19,24)(H,20,25)(H3,18,21,22,26). The number of nitrogens with one attached hydrogen (secondary N) is 3. The molecule has 3 rings (SSSR count). The zero-order valence-electron chi connectivity index (χ0n) is 15.1. The number of carbonyl (C=O) groups is 2. The predicted octanol–water partition coefficient (Wildman–Crippen LogP) is 1.84. The Bertz CT molecular complexity index is 1140. The van der Waals surface area contributed by atoms with Gasteiger partial charge < -0.3 is 20.8 Å². The van der Waals surface area contributed by atoms with Crippen LogP contribution in [0, 0.1) is 10.1 Å². The number of nitro benzene ring substituents is 1. The van der Waals surface area contributed by atoms with Crippen LogP contribution in [0.25, 0.3) is 0 Å². The average molecular weight is 430 g/mol. The van der Waals surface area contributed by atoms with Crippen molar-refractivity contribution >= 4 is 46.5 Å². The lowest BCUT2D eigenvalue weighted by atomic mass is 10.3. The molecule has 0 bridgehead atoms. The number of hydrogen-bond donors (Lipinski definition) is 4. The van der Waals surface area contributed by atoms with E-state index < -0.39 is 22.3 Å². The molecule has 3 aromatic rings. The maximum atomic E-state index is 12.2. The van der Waals surface area contributed by atoms with Crippen molar-refractivity contribution in [1.29, 1.82) is 0 Å². The van der Waals surface area contributed by atoms with Gasteiger partial charge in [0, 0.05) is 17.8 Å². The van der Waals surface area contributed by atoms with Gasteiger partial charge in [-0.05, 0) is 24.3 Å². The SMILES string of the molecule is Nc1nc(SCC(=O)Nc2ccc([N+](=O)[O-])cc2)[nH]c(=O)c1NC(=O)c1ccco1. The van der Waals surface area contributed by atoms with E-state index in [-0.39, 0.29) is 33.9 Å². The van der Waals surface area contributed by atoms with Crippen LogP contribution in [-0.4, -0.2) is 32.5 Å². The number of aromatic amines is 1. The van der Waals surface area contributed by atoms with Crippen LogP contribution in [0.1, 0.15) is 10.6 Å². The molecule has 13 heteroatoms. The first-order valence-corrected chi connectivity index (χ1v) is 9.24. The number of nitrogen functional groups attached to an aromatic ring is 1. The van der Waals surface area contributed by atoms with Crippen LogP contribution in [0.15, 0.2) is 57.0 Å². The molecule has 0 aliphatic rings. The van der Waals surface area contributed by atoms with E-state index in [1.54, 1.807) is 0 Å².